The standard InChI is InChI=1S/C12H23N5/c13-15-14-6-11-16-9-4-12(5-10-16)17-7-2-1-3-8-17/h12H,1-11H2. The molecule has 0 radical (unpaired) electrons. The highest BCUT2D eigenvalue weighted by atomic mass is 15.2. The number of azide groups is 1. The van der Waals surface area contributed by atoms with E-state index in [0.717, 1.165) is 12.6 Å². The minimum Gasteiger partial charge on any atom is -0.303 e. The van der Waals surface area contributed by atoms with Crippen molar-refractivity contribution in [1.29, 1.82) is 0 Å². The van der Waals surface area contributed by atoms with Crippen molar-refractivity contribution in [1.82, 2.24) is 9.80 Å². The number of rotatable bonds is 4. The van der Waals surface area contributed by atoms with E-state index in [1.165, 1.54) is 58.3 Å². The first-order valence-corrected chi connectivity index (χ1v) is 6.87. The molecule has 2 fully saturated rings. The van der Waals surface area contributed by atoms with E-state index in [1.807, 2.05) is 0 Å². The van der Waals surface area contributed by atoms with Crippen molar-refractivity contribution in [2.45, 2.75) is 38.1 Å². The van der Waals surface area contributed by atoms with Crippen molar-refractivity contribution in [3.8, 4) is 0 Å². The second-order valence-electron chi connectivity index (χ2n) is 5.12. The second kappa shape index (κ2) is 6.84. The van der Waals surface area contributed by atoms with Crippen molar-refractivity contribution in [2.24, 2.45) is 5.11 Å². The number of hydrogen-bond donors (Lipinski definition) is 0. The molecule has 2 aliphatic rings. The van der Waals surface area contributed by atoms with E-state index >= 15 is 0 Å². The van der Waals surface area contributed by atoms with Crippen LogP contribution in [-0.4, -0.2) is 55.1 Å². The normalized spacial score (nSPS) is 24.5. The monoisotopic (exact) mass is 237 g/mol. The van der Waals surface area contributed by atoms with Crippen LogP contribution in [-0.2, 0) is 0 Å². The first-order valence-electron chi connectivity index (χ1n) is 6.87. The van der Waals surface area contributed by atoms with Gasteiger partial charge in [0, 0.05) is 24.0 Å². The molecule has 2 aliphatic heterocycles. The molecule has 2 rings (SSSR count). The van der Waals surface area contributed by atoms with Gasteiger partial charge in [-0.3, -0.25) is 0 Å². The van der Waals surface area contributed by atoms with E-state index < -0.39 is 0 Å². The molecular formula is C12H23N5. The Bertz CT molecular complexity index is 260. The molecule has 0 aromatic heterocycles. The summed E-state index contributed by atoms with van der Waals surface area (Å²) in [6.45, 7) is 6.50. The Hall–Kier alpha value is -0.770. The number of piperidine rings is 2. The van der Waals surface area contributed by atoms with Gasteiger partial charge in [0.05, 0.1) is 0 Å². The van der Waals surface area contributed by atoms with Gasteiger partial charge in [0.2, 0.25) is 0 Å². The molecule has 96 valence electrons. The third kappa shape index (κ3) is 3.87. The number of nitrogens with zero attached hydrogens (tertiary/aromatic N) is 5. The van der Waals surface area contributed by atoms with E-state index in [1.54, 1.807) is 0 Å². The van der Waals surface area contributed by atoms with E-state index in [9.17, 15) is 0 Å². The van der Waals surface area contributed by atoms with Crippen LogP contribution in [0, 0.1) is 0 Å². The first-order chi connectivity index (χ1) is 8.40. The molecule has 0 amide bonds. The molecule has 0 spiro atoms. The van der Waals surface area contributed by atoms with Crippen LogP contribution in [0.5, 0.6) is 0 Å². The lowest BCUT2D eigenvalue weighted by Gasteiger charge is -2.40. The predicted octanol–water partition coefficient (Wildman–Crippen LogP) is 2.25. The molecule has 17 heavy (non-hydrogen) atoms. The Morgan fingerprint density at radius 1 is 1.06 bits per heavy atom. The Morgan fingerprint density at radius 3 is 2.41 bits per heavy atom. The average molecular weight is 237 g/mol. The van der Waals surface area contributed by atoms with E-state index in [0.29, 0.717) is 6.54 Å². The molecule has 0 aromatic carbocycles. The summed E-state index contributed by atoms with van der Waals surface area (Å²) in [5.74, 6) is 0. The molecule has 2 saturated heterocycles. The molecule has 0 unspecified atom stereocenters. The summed E-state index contributed by atoms with van der Waals surface area (Å²) in [6.07, 6.45) is 6.77. The molecule has 0 atom stereocenters. The highest BCUT2D eigenvalue weighted by molar-refractivity contribution is 4.81. The maximum absolute atomic E-state index is 8.24. The van der Waals surface area contributed by atoms with Gasteiger partial charge in [0.15, 0.2) is 0 Å². The van der Waals surface area contributed by atoms with Crippen LogP contribution in [0.4, 0.5) is 0 Å². The topological polar surface area (TPSA) is 55.2 Å². The summed E-state index contributed by atoms with van der Waals surface area (Å²) in [4.78, 5) is 7.91. The van der Waals surface area contributed by atoms with Crippen molar-refractivity contribution in [2.75, 3.05) is 39.3 Å². The summed E-state index contributed by atoms with van der Waals surface area (Å²) in [5.41, 5.74) is 8.24. The quantitative estimate of drug-likeness (QED) is 0.428. The maximum Gasteiger partial charge on any atom is 0.0385 e. The Morgan fingerprint density at radius 2 is 1.76 bits per heavy atom. The summed E-state index contributed by atoms with van der Waals surface area (Å²) in [5, 5.41) is 3.60. The summed E-state index contributed by atoms with van der Waals surface area (Å²) in [6, 6.07) is 0.811. The fourth-order valence-electron chi connectivity index (χ4n) is 3.02. The maximum atomic E-state index is 8.24. The van der Waals surface area contributed by atoms with Gasteiger partial charge in [-0.2, -0.15) is 0 Å². The summed E-state index contributed by atoms with van der Waals surface area (Å²) >= 11 is 0. The van der Waals surface area contributed by atoms with Crippen molar-refractivity contribution < 1.29 is 0 Å². The second-order valence-corrected chi connectivity index (χ2v) is 5.12. The van der Waals surface area contributed by atoms with Crippen LogP contribution in [0.2, 0.25) is 0 Å². The van der Waals surface area contributed by atoms with Crippen LogP contribution in [0.25, 0.3) is 10.4 Å². The number of likely N-dealkylation sites (tertiary alicyclic amines) is 2. The van der Waals surface area contributed by atoms with Gasteiger partial charge in [0.1, 0.15) is 0 Å². The van der Waals surface area contributed by atoms with Crippen LogP contribution in [0.3, 0.4) is 0 Å². The molecular weight excluding hydrogens is 214 g/mol. The molecule has 5 nitrogen and oxygen atoms in total. The molecule has 0 aromatic rings. The molecule has 0 saturated carbocycles. The van der Waals surface area contributed by atoms with E-state index in [-0.39, 0.29) is 0 Å². The fraction of sp³-hybridized carbons (Fsp3) is 1.00. The van der Waals surface area contributed by atoms with Crippen LogP contribution in [0.15, 0.2) is 5.11 Å². The highest BCUT2D eigenvalue weighted by Crippen LogP contribution is 2.20. The smallest absolute Gasteiger partial charge is 0.0385 e. The Kier molecular flexibility index (Phi) is 5.10. The van der Waals surface area contributed by atoms with Crippen molar-refractivity contribution in [3.05, 3.63) is 10.4 Å². The summed E-state index contributed by atoms with van der Waals surface area (Å²) in [7, 11) is 0. The van der Waals surface area contributed by atoms with Crippen LogP contribution < -0.4 is 0 Å². The van der Waals surface area contributed by atoms with Gasteiger partial charge in [0.25, 0.3) is 0 Å². The number of hydrogen-bond acceptors (Lipinski definition) is 3. The van der Waals surface area contributed by atoms with Gasteiger partial charge >= 0.3 is 0 Å². The van der Waals surface area contributed by atoms with Gasteiger partial charge in [-0.1, -0.05) is 11.5 Å². The third-order valence-electron chi connectivity index (χ3n) is 4.04. The lowest BCUT2D eigenvalue weighted by atomic mass is 10.00. The average Bonchev–Trinajstić information content (AvgIpc) is 2.41. The van der Waals surface area contributed by atoms with Gasteiger partial charge in [-0.25, -0.2) is 0 Å². The molecule has 0 N–H and O–H groups in total. The largest absolute Gasteiger partial charge is 0.303 e. The zero-order valence-corrected chi connectivity index (χ0v) is 10.6. The SMILES string of the molecule is [N-]=[N+]=NCCN1CCC(N2CCCCC2)CC1. The van der Waals surface area contributed by atoms with Crippen molar-refractivity contribution >= 4 is 0 Å². The fourth-order valence-corrected chi connectivity index (χ4v) is 3.02. The van der Waals surface area contributed by atoms with Crippen molar-refractivity contribution in [3.63, 3.8) is 0 Å². The molecule has 0 bridgehead atoms. The molecule has 0 aliphatic carbocycles. The highest BCUT2D eigenvalue weighted by Gasteiger charge is 2.24. The lowest BCUT2D eigenvalue weighted by Crippen LogP contribution is -2.47. The van der Waals surface area contributed by atoms with Crippen LogP contribution in [0.1, 0.15) is 32.1 Å². The molecule has 5 heteroatoms. The predicted molar refractivity (Wildman–Crippen MR) is 68.9 cm³/mol. The van der Waals surface area contributed by atoms with Crippen LogP contribution >= 0.6 is 0 Å². The third-order valence-corrected chi connectivity index (χ3v) is 4.04. The van der Waals surface area contributed by atoms with Gasteiger partial charge in [-0.05, 0) is 57.4 Å². The Balaban J connectivity index is 1.68. The van der Waals surface area contributed by atoms with E-state index in [2.05, 4.69) is 19.8 Å². The summed E-state index contributed by atoms with van der Waals surface area (Å²) < 4.78 is 0. The lowest BCUT2D eigenvalue weighted by molar-refractivity contribution is 0.0939. The van der Waals surface area contributed by atoms with Gasteiger partial charge in [-0.15, -0.1) is 0 Å². The minimum atomic E-state index is 0.616. The minimum absolute atomic E-state index is 0.616. The van der Waals surface area contributed by atoms with E-state index in [4.69, 9.17) is 5.53 Å². The van der Waals surface area contributed by atoms with Gasteiger partial charge < -0.3 is 9.80 Å². The first kappa shape index (κ1) is 12.7. The zero-order valence-electron chi connectivity index (χ0n) is 10.6. The Labute approximate surface area is 103 Å². The zero-order chi connectivity index (χ0) is 11.9. The molecule has 2 heterocycles.